The lowest BCUT2D eigenvalue weighted by Gasteiger charge is -2.28. The van der Waals surface area contributed by atoms with Crippen molar-refractivity contribution < 1.29 is 9.53 Å². The van der Waals surface area contributed by atoms with E-state index in [1.54, 1.807) is 0 Å². The van der Waals surface area contributed by atoms with Crippen LogP contribution in [0.4, 0.5) is 5.82 Å². The number of hydrogen-bond donors (Lipinski definition) is 0. The van der Waals surface area contributed by atoms with Crippen molar-refractivity contribution >= 4 is 39.1 Å². The number of aromatic nitrogens is 2. The van der Waals surface area contributed by atoms with Gasteiger partial charge in [-0.1, -0.05) is 6.92 Å². The van der Waals surface area contributed by atoms with Gasteiger partial charge in [0.05, 0.1) is 33.0 Å². The number of nitrogens with zero attached hydrogens (tertiary/aromatic N) is 3. The van der Waals surface area contributed by atoms with Crippen LogP contribution in [0.15, 0.2) is 10.5 Å². The summed E-state index contributed by atoms with van der Waals surface area (Å²) in [4.78, 5) is 24.9. The molecular formula is C17H16BrN3O2S. The van der Waals surface area contributed by atoms with Gasteiger partial charge in [0, 0.05) is 23.3 Å². The number of halogens is 1. The Morgan fingerprint density at radius 3 is 2.96 bits per heavy atom. The minimum absolute atomic E-state index is 0.274. The van der Waals surface area contributed by atoms with Crippen LogP contribution in [-0.4, -0.2) is 22.5 Å². The van der Waals surface area contributed by atoms with Gasteiger partial charge in [0.2, 0.25) is 0 Å². The Hall–Kier alpha value is -1.47. The molecule has 0 saturated heterocycles. The monoisotopic (exact) mass is 405 g/mol. The maximum absolute atomic E-state index is 11.7. The first kappa shape index (κ1) is 14.8. The van der Waals surface area contributed by atoms with Crippen molar-refractivity contribution in [1.29, 1.82) is 0 Å². The van der Waals surface area contributed by atoms with Gasteiger partial charge < -0.3 is 9.64 Å². The van der Waals surface area contributed by atoms with Gasteiger partial charge in [-0.2, -0.15) is 0 Å². The van der Waals surface area contributed by atoms with Crippen molar-refractivity contribution in [2.24, 2.45) is 0 Å². The van der Waals surface area contributed by atoms with Crippen molar-refractivity contribution in [3.05, 3.63) is 37.4 Å². The van der Waals surface area contributed by atoms with E-state index < -0.39 is 0 Å². The van der Waals surface area contributed by atoms with Crippen molar-refractivity contribution in [2.75, 3.05) is 11.4 Å². The molecule has 124 valence electrons. The zero-order valence-electron chi connectivity index (χ0n) is 13.3. The third kappa shape index (κ3) is 2.21. The van der Waals surface area contributed by atoms with E-state index in [1.807, 2.05) is 17.4 Å². The molecule has 0 atom stereocenters. The lowest BCUT2D eigenvalue weighted by Crippen LogP contribution is -2.31. The molecule has 2 aromatic heterocycles. The highest BCUT2D eigenvalue weighted by Crippen LogP contribution is 2.50. The Kier molecular flexibility index (Phi) is 3.10. The van der Waals surface area contributed by atoms with Crippen LogP contribution in [0.1, 0.15) is 51.4 Å². The molecule has 2 aromatic rings. The third-order valence-corrected chi connectivity index (χ3v) is 7.12. The van der Waals surface area contributed by atoms with E-state index in [-0.39, 0.29) is 12.6 Å². The third-order valence-electron chi connectivity index (χ3n) is 5.14. The molecule has 2 aliphatic heterocycles. The predicted octanol–water partition coefficient (Wildman–Crippen LogP) is 3.59. The van der Waals surface area contributed by atoms with Crippen LogP contribution in [0.5, 0.6) is 0 Å². The molecule has 0 aromatic carbocycles. The molecular weight excluding hydrogens is 390 g/mol. The maximum atomic E-state index is 11.7. The second kappa shape index (κ2) is 5.02. The van der Waals surface area contributed by atoms with Gasteiger partial charge in [0.25, 0.3) is 0 Å². The molecule has 5 rings (SSSR count). The topological polar surface area (TPSA) is 55.3 Å². The standard InChI is InChI=1S/C17H16BrN3O2S/c1-17(3-4-17)16-20-11-2-5-21(7-13(11)24-16)14-10(18)6-9-12(19-14)8-23-15(9)22/h6H,2-5,7-8H2,1H3. The number of anilines is 1. The largest absolute Gasteiger partial charge is 0.455 e. The fourth-order valence-electron chi connectivity index (χ4n) is 3.27. The highest BCUT2D eigenvalue weighted by Gasteiger charge is 2.43. The van der Waals surface area contributed by atoms with Crippen LogP contribution in [0.2, 0.25) is 0 Å². The summed E-state index contributed by atoms with van der Waals surface area (Å²) >= 11 is 5.44. The molecule has 0 amide bonds. The summed E-state index contributed by atoms with van der Waals surface area (Å²) in [5.41, 5.74) is 2.90. The van der Waals surface area contributed by atoms with Crippen LogP contribution < -0.4 is 4.90 Å². The van der Waals surface area contributed by atoms with Crippen LogP contribution >= 0.6 is 27.3 Å². The molecule has 0 N–H and O–H groups in total. The van der Waals surface area contributed by atoms with Crippen molar-refractivity contribution in [3.8, 4) is 0 Å². The number of hydrogen-bond acceptors (Lipinski definition) is 6. The predicted molar refractivity (Wildman–Crippen MR) is 94.5 cm³/mol. The van der Waals surface area contributed by atoms with E-state index in [0.29, 0.717) is 11.0 Å². The molecule has 5 nitrogen and oxygen atoms in total. The zero-order valence-corrected chi connectivity index (χ0v) is 15.7. The second-order valence-electron chi connectivity index (χ2n) is 6.99. The number of carbonyl (C=O) groups excluding carboxylic acids is 1. The quantitative estimate of drug-likeness (QED) is 0.714. The number of ether oxygens (including phenoxy) is 1. The van der Waals surface area contributed by atoms with Crippen LogP contribution in [0.3, 0.4) is 0 Å². The fourth-order valence-corrected chi connectivity index (χ4v) is 5.17. The highest BCUT2D eigenvalue weighted by atomic mass is 79.9. The van der Waals surface area contributed by atoms with E-state index in [0.717, 1.165) is 35.5 Å². The average molecular weight is 406 g/mol. The highest BCUT2D eigenvalue weighted by molar-refractivity contribution is 9.10. The smallest absolute Gasteiger partial charge is 0.340 e. The SMILES string of the molecule is CC1(c2nc3c(s2)CN(c2nc4c(cc2Br)C(=O)OC4)CC3)CC1. The number of esters is 1. The molecule has 24 heavy (non-hydrogen) atoms. The summed E-state index contributed by atoms with van der Waals surface area (Å²) in [5.74, 6) is 0.612. The lowest BCUT2D eigenvalue weighted by molar-refractivity contribution is 0.0533. The molecule has 4 heterocycles. The maximum Gasteiger partial charge on any atom is 0.340 e. The molecule has 0 bridgehead atoms. The van der Waals surface area contributed by atoms with Crippen molar-refractivity contribution in [2.45, 2.75) is 44.8 Å². The van der Waals surface area contributed by atoms with Crippen molar-refractivity contribution in [3.63, 3.8) is 0 Å². The van der Waals surface area contributed by atoms with Crippen LogP contribution in [0, 0.1) is 0 Å². The van der Waals surface area contributed by atoms with E-state index in [1.165, 1.54) is 28.4 Å². The second-order valence-corrected chi connectivity index (χ2v) is 8.92. The Morgan fingerprint density at radius 2 is 2.17 bits per heavy atom. The van der Waals surface area contributed by atoms with E-state index in [9.17, 15) is 4.79 Å². The summed E-state index contributed by atoms with van der Waals surface area (Å²) in [6, 6.07) is 1.84. The first-order valence-electron chi connectivity index (χ1n) is 8.14. The normalized spacial score (nSPS) is 20.6. The molecule has 0 spiro atoms. The summed E-state index contributed by atoms with van der Waals surface area (Å²) in [7, 11) is 0. The number of pyridine rings is 1. The summed E-state index contributed by atoms with van der Waals surface area (Å²) in [5, 5.41) is 1.30. The van der Waals surface area contributed by atoms with Gasteiger partial charge in [-0.15, -0.1) is 11.3 Å². The van der Waals surface area contributed by atoms with Gasteiger partial charge in [0.1, 0.15) is 12.4 Å². The Balaban J connectivity index is 1.47. The Bertz CT molecular complexity index is 875. The average Bonchev–Trinajstić information content (AvgIpc) is 3.03. The zero-order chi connectivity index (χ0) is 16.5. The molecule has 1 saturated carbocycles. The first-order chi connectivity index (χ1) is 11.5. The first-order valence-corrected chi connectivity index (χ1v) is 9.75. The van der Waals surface area contributed by atoms with Crippen molar-refractivity contribution in [1.82, 2.24) is 9.97 Å². The molecule has 1 fully saturated rings. The van der Waals surface area contributed by atoms with Gasteiger partial charge in [0.15, 0.2) is 0 Å². The van der Waals surface area contributed by atoms with Crippen LogP contribution in [-0.2, 0) is 29.7 Å². The Morgan fingerprint density at radius 1 is 1.33 bits per heavy atom. The number of carbonyl (C=O) groups is 1. The Labute approximate surface area is 152 Å². The molecule has 1 aliphatic carbocycles. The minimum atomic E-state index is -0.282. The summed E-state index contributed by atoms with van der Waals surface area (Å²) in [6.45, 7) is 4.32. The molecule has 3 aliphatic rings. The van der Waals surface area contributed by atoms with Gasteiger partial charge in [-0.3, -0.25) is 0 Å². The van der Waals surface area contributed by atoms with Gasteiger partial charge >= 0.3 is 5.97 Å². The minimum Gasteiger partial charge on any atom is -0.455 e. The van der Waals surface area contributed by atoms with E-state index in [4.69, 9.17) is 9.72 Å². The molecule has 0 unspecified atom stereocenters. The summed E-state index contributed by atoms with van der Waals surface area (Å²) in [6.07, 6.45) is 3.46. The van der Waals surface area contributed by atoms with Gasteiger partial charge in [-0.05, 0) is 34.8 Å². The lowest BCUT2D eigenvalue weighted by atomic mass is 10.1. The number of rotatable bonds is 2. The number of cyclic esters (lactones) is 1. The van der Waals surface area contributed by atoms with Gasteiger partial charge in [-0.25, -0.2) is 14.8 Å². The number of fused-ring (bicyclic) bond motifs is 2. The fraction of sp³-hybridized carbons (Fsp3) is 0.471. The molecule has 7 heteroatoms. The van der Waals surface area contributed by atoms with E-state index in [2.05, 4.69) is 32.7 Å². The van der Waals surface area contributed by atoms with E-state index >= 15 is 0 Å². The molecule has 0 radical (unpaired) electrons. The van der Waals surface area contributed by atoms with Crippen LogP contribution in [0.25, 0.3) is 0 Å². The summed E-state index contributed by atoms with van der Waals surface area (Å²) < 4.78 is 5.93. The number of thiazole rings is 1.